The molecule has 0 spiro atoms. The van der Waals surface area contributed by atoms with Crippen LogP contribution in [0.25, 0.3) is 0 Å². The smallest absolute Gasteiger partial charge is 0.224 e. The minimum atomic E-state index is -0.00636. The summed E-state index contributed by atoms with van der Waals surface area (Å²) < 4.78 is 13.2. The highest BCUT2D eigenvalue weighted by molar-refractivity contribution is 5.90. The lowest BCUT2D eigenvalue weighted by Crippen LogP contribution is -2.25. The molecule has 134 valence electrons. The average molecular weight is 343 g/mol. The summed E-state index contributed by atoms with van der Waals surface area (Å²) in [5, 5.41) is 7.01. The van der Waals surface area contributed by atoms with Gasteiger partial charge in [0.15, 0.2) is 0 Å². The maximum atomic E-state index is 12.0. The minimum absolute atomic E-state index is 0.00636. The van der Waals surface area contributed by atoms with Gasteiger partial charge in [0.2, 0.25) is 5.91 Å². The number of hydrogen-bond donors (Lipinski definition) is 1. The Morgan fingerprint density at radius 3 is 2.88 bits per heavy atom. The van der Waals surface area contributed by atoms with Gasteiger partial charge < -0.3 is 14.8 Å². The molecule has 2 aromatic rings. The quantitative estimate of drug-likeness (QED) is 0.839. The zero-order chi connectivity index (χ0) is 17.5. The van der Waals surface area contributed by atoms with Crippen LogP contribution in [0.15, 0.2) is 36.7 Å². The van der Waals surface area contributed by atoms with Crippen LogP contribution in [-0.4, -0.2) is 35.0 Å². The first kappa shape index (κ1) is 17.5. The number of nitrogens with one attached hydrogen (secondary N) is 1. The molecule has 2 heterocycles. The van der Waals surface area contributed by atoms with Gasteiger partial charge in [0.05, 0.1) is 12.3 Å². The Balaban J connectivity index is 1.41. The molecule has 1 N–H and O–H groups in total. The third-order valence-corrected chi connectivity index (χ3v) is 4.25. The van der Waals surface area contributed by atoms with Crippen molar-refractivity contribution in [1.82, 2.24) is 9.78 Å². The Bertz CT molecular complexity index is 675. The fourth-order valence-corrected chi connectivity index (χ4v) is 2.84. The van der Waals surface area contributed by atoms with Gasteiger partial charge in [-0.2, -0.15) is 5.10 Å². The predicted octanol–water partition coefficient (Wildman–Crippen LogP) is 2.94. The van der Waals surface area contributed by atoms with Gasteiger partial charge in [-0.25, -0.2) is 0 Å². The van der Waals surface area contributed by atoms with Crippen LogP contribution in [0, 0.1) is 0 Å². The number of carbonyl (C=O) groups is 1. The minimum Gasteiger partial charge on any atom is -0.491 e. The number of rotatable bonds is 7. The molecule has 1 saturated heterocycles. The van der Waals surface area contributed by atoms with Crippen molar-refractivity contribution >= 4 is 11.6 Å². The van der Waals surface area contributed by atoms with Crippen molar-refractivity contribution in [3.05, 3.63) is 42.2 Å². The highest BCUT2D eigenvalue weighted by Crippen LogP contribution is 2.18. The highest BCUT2D eigenvalue weighted by atomic mass is 16.5. The SMILES string of the molecule is Cn1cc(CCC(=O)Nc2ccc(OCC3CCCCO3)cc2)cn1. The molecule has 1 fully saturated rings. The summed E-state index contributed by atoms with van der Waals surface area (Å²) in [4.78, 5) is 12.0. The van der Waals surface area contributed by atoms with E-state index in [1.54, 1.807) is 10.9 Å². The zero-order valence-electron chi connectivity index (χ0n) is 14.6. The molecule has 6 heteroatoms. The Kier molecular flexibility index (Phi) is 6.06. The van der Waals surface area contributed by atoms with Gasteiger partial charge in [-0.15, -0.1) is 0 Å². The second-order valence-electron chi connectivity index (χ2n) is 6.39. The van der Waals surface area contributed by atoms with Crippen molar-refractivity contribution in [3.63, 3.8) is 0 Å². The molecule has 25 heavy (non-hydrogen) atoms. The second-order valence-corrected chi connectivity index (χ2v) is 6.39. The van der Waals surface area contributed by atoms with Gasteiger partial charge in [0.25, 0.3) is 0 Å². The first-order valence-electron chi connectivity index (χ1n) is 8.81. The summed E-state index contributed by atoms with van der Waals surface area (Å²) in [6, 6.07) is 7.47. The Labute approximate surface area is 148 Å². The Morgan fingerprint density at radius 1 is 1.36 bits per heavy atom. The number of aromatic nitrogens is 2. The second kappa shape index (κ2) is 8.67. The molecule has 6 nitrogen and oxygen atoms in total. The molecule has 0 bridgehead atoms. The van der Waals surface area contributed by atoms with Crippen LogP contribution in [0.1, 0.15) is 31.2 Å². The molecule has 1 aromatic carbocycles. The summed E-state index contributed by atoms with van der Waals surface area (Å²) in [5.74, 6) is 0.788. The molecule has 0 radical (unpaired) electrons. The third-order valence-electron chi connectivity index (χ3n) is 4.25. The maximum Gasteiger partial charge on any atom is 0.224 e. The van der Waals surface area contributed by atoms with Crippen molar-refractivity contribution in [2.75, 3.05) is 18.5 Å². The van der Waals surface area contributed by atoms with E-state index < -0.39 is 0 Å². The van der Waals surface area contributed by atoms with Crippen LogP contribution in [0.5, 0.6) is 5.75 Å². The molecule has 1 aliphatic rings. The van der Waals surface area contributed by atoms with Crippen LogP contribution in [-0.2, 0) is 23.0 Å². The maximum absolute atomic E-state index is 12.0. The Morgan fingerprint density at radius 2 is 2.20 bits per heavy atom. The van der Waals surface area contributed by atoms with Crippen molar-refractivity contribution in [3.8, 4) is 5.75 Å². The van der Waals surface area contributed by atoms with E-state index in [-0.39, 0.29) is 12.0 Å². The zero-order valence-corrected chi connectivity index (χ0v) is 14.6. The van der Waals surface area contributed by atoms with E-state index in [1.165, 1.54) is 6.42 Å². The Hall–Kier alpha value is -2.34. The number of anilines is 1. The summed E-state index contributed by atoms with van der Waals surface area (Å²) in [7, 11) is 1.87. The summed E-state index contributed by atoms with van der Waals surface area (Å²) in [5.41, 5.74) is 1.84. The van der Waals surface area contributed by atoms with Gasteiger partial charge in [0.1, 0.15) is 12.4 Å². The van der Waals surface area contributed by atoms with Crippen LogP contribution in [0.3, 0.4) is 0 Å². The first-order chi connectivity index (χ1) is 12.2. The third kappa shape index (κ3) is 5.60. The van der Waals surface area contributed by atoms with E-state index in [0.717, 1.165) is 36.4 Å². The van der Waals surface area contributed by atoms with Gasteiger partial charge in [0, 0.05) is 32.0 Å². The van der Waals surface area contributed by atoms with E-state index in [9.17, 15) is 4.79 Å². The van der Waals surface area contributed by atoms with E-state index in [0.29, 0.717) is 19.4 Å². The summed E-state index contributed by atoms with van der Waals surface area (Å²) >= 11 is 0. The molecule has 3 rings (SSSR count). The number of carbonyl (C=O) groups excluding carboxylic acids is 1. The largest absolute Gasteiger partial charge is 0.491 e. The summed E-state index contributed by atoms with van der Waals surface area (Å²) in [6.45, 7) is 1.41. The molecule has 1 aliphatic heterocycles. The van der Waals surface area contributed by atoms with E-state index >= 15 is 0 Å². The lowest BCUT2D eigenvalue weighted by molar-refractivity contribution is -0.116. The number of benzene rings is 1. The number of amides is 1. The van der Waals surface area contributed by atoms with Gasteiger partial charge in [-0.3, -0.25) is 9.48 Å². The lowest BCUT2D eigenvalue weighted by Gasteiger charge is -2.22. The van der Waals surface area contributed by atoms with E-state index in [4.69, 9.17) is 9.47 Å². The van der Waals surface area contributed by atoms with Crippen LogP contribution in [0.4, 0.5) is 5.69 Å². The molecule has 1 aromatic heterocycles. The topological polar surface area (TPSA) is 65.4 Å². The molecule has 1 amide bonds. The highest BCUT2D eigenvalue weighted by Gasteiger charge is 2.14. The monoisotopic (exact) mass is 343 g/mol. The standard InChI is InChI=1S/C19H25N3O3/c1-22-13-15(12-20-22)5-10-19(23)21-16-6-8-17(9-7-16)25-14-18-4-2-3-11-24-18/h6-9,12-13,18H,2-5,10-11,14H2,1H3,(H,21,23). The van der Waals surface area contributed by atoms with E-state index in [1.807, 2.05) is 37.5 Å². The van der Waals surface area contributed by atoms with Crippen molar-refractivity contribution in [2.24, 2.45) is 7.05 Å². The van der Waals surface area contributed by atoms with Crippen molar-refractivity contribution in [2.45, 2.75) is 38.2 Å². The summed E-state index contributed by atoms with van der Waals surface area (Å²) in [6.07, 6.45) is 8.44. The molecular formula is C19H25N3O3. The molecule has 1 atom stereocenters. The number of ether oxygens (including phenoxy) is 2. The average Bonchev–Trinajstić information content (AvgIpc) is 3.06. The van der Waals surface area contributed by atoms with Gasteiger partial charge in [-0.1, -0.05) is 0 Å². The lowest BCUT2D eigenvalue weighted by atomic mass is 10.1. The van der Waals surface area contributed by atoms with Crippen molar-refractivity contribution in [1.29, 1.82) is 0 Å². The van der Waals surface area contributed by atoms with Crippen molar-refractivity contribution < 1.29 is 14.3 Å². The first-order valence-corrected chi connectivity index (χ1v) is 8.81. The number of aryl methyl sites for hydroxylation is 2. The number of nitrogens with zero attached hydrogens (tertiary/aromatic N) is 2. The molecule has 1 unspecified atom stereocenters. The molecule has 0 saturated carbocycles. The van der Waals surface area contributed by atoms with Gasteiger partial charge >= 0.3 is 0 Å². The predicted molar refractivity (Wildman–Crippen MR) is 95.7 cm³/mol. The van der Waals surface area contributed by atoms with Crippen LogP contribution in [0.2, 0.25) is 0 Å². The van der Waals surface area contributed by atoms with Crippen LogP contribution < -0.4 is 10.1 Å². The van der Waals surface area contributed by atoms with Crippen LogP contribution >= 0.6 is 0 Å². The van der Waals surface area contributed by atoms with E-state index in [2.05, 4.69) is 10.4 Å². The van der Waals surface area contributed by atoms with Gasteiger partial charge in [-0.05, 0) is 55.5 Å². The fourth-order valence-electron chi connectivity index (χ4n) is 2.84. The normalized spacial score (nSPS) is 17.2. The molecule has 0 aliphatic carbocycles. The fraction of sp³-hybridized carbons (Fsp3) is 0.474. The molecular weight excluding hydrogens is 318 g/mol. The number of hydrogen-bond acceptors (Lipinski definition) is 4.